The average Bonchev–Trinajstić information content (AvgIpc) is 2.63. The topological polar surface area (TPSA) is 88.6 Å². The molecular formula is C17H15BrCl2FNO5S2. The highest BCUT2D eigenvalue weighted by Crippen LogP contribution is 2.37. The van der Waals surface area contributed by atoms with Crippen LogP contribution in [0.15, 0.2) is 34.8 Å². The fourth-order valence-corrected chi connectivity index (χ4v) is 6.88. The Morgan fingerprint density at radius 1 is 0.966 bits per heavy atom. The summed E-state index contributed by atoms with van der Waals surface area (Å²) in [4.78, 5) is 12.8. The van der Waals surface area contributed by atoms with E-state index >= 15 is 0 Å². The third-order valence-electron chi connectivity index (χ3n) is 3.89. The number of ketones is 1. The zero-order valence-corrected chi connectivity index (χ0v) is 19.8. The lowest BCUT2D eigenvalue weighted by Crippen LogP contribution is -2.39. The van der Waals surface area contributed by atoms with E-state index in [1.54, 1.807) is 0 Å². The molecule has 0 saturated carbocycles. The molecule has 0 unspecified atom stereocenters. The van der Waals surface area contributed by atoms with E-state index < -0.39 is 43.2 Å². The van der Waals surface area contributed by atoms with Crippen molar-refractivity contribution >= 4 is 70.6 Å². The maximum absolute atomic E-state index is 13.2. The van der Waals surface area contributed by atoms with Gasteiger partial charge in [0.2, 0.25) is 20.0 Å². The first-order chi connectivity index (χ1) is 13.4. The molecule has 0 aliphatic heterocycles. The first kappa shape index (κ1) is 24.1. The highest BCUT2D eigenvalue weighted by atomic mass is 79.9. The van der Waals surface area contributed by atoms with Gasteiger partial charge in [0, 0.05) is 15.6 Å². The summed E-state index contributed by atoms with van der Waals surface area (Å²) in [6, 6.07) is 5.50. The quantitative estimate of drug-likeness (QED) is 0.472. The van der Waals surface area contributed by atoms with Gasteiger partial charge in [0.1, 0.15) is 5.82 Å². The van der Waals surface area contributed by atoms with Crippen molar-refractivity contribution in [2.24, 2.45) is 0 Å². The number of halogens is 4. The summed E-state index contributed by atoms with van der Waals surface area (Å²) in [5.41, 5.74) is -0.323. The summed E-state index contributed by atoms with van der Waals surface area (Å²) < 4.78 is 63.4. The Hall–Kier alpha value is -1.20. The first-order valence-electron chi connectivity index (χ1n) is 8.10. The van der Waals surface area contributed by atoms with Crippen LogP contribution in [0.25, 0.3) is 0 Å². The summed E-state index contributed by atoms with van der Waals surface area (Å²) in [5, 5.41) is -0.394. The van der Waals surface area contributed by atoms with E-state index in [2.05, 4.69) is 15.9 Å². The molecule has 0 atom stereocenters. The van der Waals surface area contributed by atoms with Crippen LogP contribution in [0.4, 0.5) is 10.1 Å². The van der Waals surface area contributed by atoms with E-state index in [-0.39, 0.29) is 35.0 Å². The molecule has 0 heterocycles. The largest absolute Gasteiger partial charge is 0.289 e. The lowest BCUT2D eigenvalue weighted by atomic mass is 10.0. The second-order valence-electron chi connectivity index (χ2n) is 5.74. The van der Waals surface area contributed by atoms with Gasteiger partial charge in [-0.15, -0.1) is 0 Å². The Labute approximate surface area is 186 Å². The molecule has 0 spiro atoms. The molecule has 2 aromatic rings. The SMILES string of the molecule is CCS(=O)(=O)N(c1cc(Br)c(C(=O)c2ccc(F)cc2Cl)cc1Cl)S(=O)(=O)CC. The van der Waals surface area contributed by atoms with Crippen molar-refractivity contribution < 1.29 is 26.0 Å². The number of rotatable bonds is 7. The van der Waals surface area contributed by atoms with Gasteiger partial charge in [-0.2, -0.15) is 3.71 Å². The fourth-order valence-electron chi connectivity index (χ4n) is 2.38. The molecule has 0 radical (unpaired) electrons. The summed E-state index contributed by atoms with van der Waals surface area (Å²) in [5.74, 6) is -2.19. The lowest BCUT2D eigenvalue weighted by molar-refractivity contribution is 0.103. The molecule has 0 fully saturated rings. The minimum atomic E-state index is -4.23. The molecule has 0 saturated heterocycles. The van der Waals surface area contributed by atoms with Gasteiger partial charge >= 0.3 is 0 Å². The van der Waals surface area contributed by atoms with Crippen molar-refractivity contribution in [3.05, 3.63) is 61.8 Å². The van der Waals surface area contributed by atoms with Gasteiger partial charge in [0.05, 0.1) is 27.2 Å². The van der Waals surface area contributed by atoms with Crippen molar-refractivity contribution in [1.29, 1.82) is 0 Å². The third-order valence-corrected chi connectivity index (χ3v) is 9.39. The third kappa shape index (κ3) is 4.93. The van der Waals surface area contributed by atoms with Crippen LogP contribution in [0.1, 0.15) is 29.8 Å². The van der Waals surface area contributed by atoms with Gasteiger partial charge in [-0.05, 0) is 60.1 Å². The smallest absolute Gasteiger partial charge is 0.248 e. The summed E-state index contributed by atoms with van der Waals surface area (Å²) in [6.45, 7) is 2.59. The summed E-state index contributed by atoms with van der Waals surface area (Å²) in [7, 11) is -8.45. The van der Waals surface area contributed by atoms with Crippen LogP contribution in [0.5, 0.6) is 0 Å². The van der Waals surface area contributed by atoms with Gasteiger partial charge < -0.3 is 0 Å². The van der Waals surface area contributed by atoms with Crippen molar-refractivity contribution in [3.8, 4) is 0 Å². The molecular weight excluding hydrogens is 532 g/mol. The predicted molar refractivity (Wildman–Crippen MR) is 115 cm³/mol. The summed E-state index contributed by atoms with van der Waals surface area (Å²) in [6.07, 6.45) is 0. The minimum Gasteiger partial charge on any atom is -0.289 e. The van der Waals surface area contributed by atoms with Crippen molar-refractivity contribution in [1.82, 2.24) is 0 Å². The maximum atomic E-state index is 13.2. The van der Waals surface area contributed by atoms with Crippen LogP contribution in [-0.4, -0.2) is 34.1 Å². The molecule has 0 bridgehead atoms. The van der Waals surface area contributed by atoms with E-state index in [1.165, 1.54) is 19.9 Å². The van der Waals surface area contributed by atoms with Gasteiger partial charge in [0.25, 0.3) is 0 Å². The van der Waals surface area contributed by atoms with E-state index in [9.17, 15) is 26.0 Å². The van der Waals surface area contributed by atoms with Crippen molar-refractivity contribution in [2.75, 3.05) is 15.2 Å². The molecule has 0 aliphatic rings. The zero-order valence-electron chi connectivity index (χ0n) is 15.1. The van der Waals surface area contributed by atoms with E-state index in [0.29, 0.717) is 0 Å². The number of benzene rings is 2. The molecule has 0 aromatic heterocycles. The zero-order chi connectivity index (χ0) is 22.1. The van der Waals surface area contributed by atoms with Crippen LogP contribution in [0.2, 0.25) is 10.0 Å². The Morgan fingerprint density at radius 3 is 2.00 bits per heavy atom. The molecule has 2 aromatic carbocycles. The van der Waals surface area contributed by atoms with E-state index in [4.69, 9.17) is 23.2 Å². The highest BCUT2D eigenvalue weighted by Gasteiger charge is 2.34. The first-order valence-corrected chi connectivity index (χ1v) is 12.9. The molecule has 29 heavy (non-hydrogen) atoms. The number of carbonyl (C=O) groups is 1. The molecule has 0 amide bonds. The maximum Gasteiger partial charge on any atom is 0.248 e. The van der Waals surface area contributed by atoms with Crippen LogP contribution in [-0.2, 0) is 20.0 Å². The number of hydrogen-bond acceptors (Lipinski definition) is 5. The van der Waals surface area contributed by atoms with Gasteiger partial charge in [-0.25, -0.2) is 21.2 Å². The number of anilines is 1. The predicted octanol–water partition coefficient (Wildman–Crippen LogP) is 4.63. The molecule has 158 valence electrons. The van der Waals surface area contributed by atoms with Gasteiger partial charge in [-0.1, -0.05) is 23.2 Å². The fraction of sp³-hybridized carbons (Fsp3) is 0.235. The Balaban J connectivity index is 2.68. The number of carbonyl (C=O) groups excluding carboxylic acids is 1. The van der Waals surface area contributed by atoms with Crippen molar-refractivity contribution in [2.45, 2.75) is 13.8 Å². The second kappa shape index (κ2) is 8.89. The van der Waals surface area contributed by atoms with Crippen LogP contribution >= 0.6 is 39.1 Å². The van der Waals surface area contributed by atoms with Crippen LogP contribution in [0.3, 0.4) is 0 Å². The lowest BCUT2D eigenvalue weighted by Gasteiger charge is -2.24. The number of nitrogens with zero attached hydrogens (tertiary/aromatic N) is 1. The Morgan fingerprint density at radius 2 is 1.52 bits per heavy atom. The van der Waals surface area contributed by atoms with Crippen molar-refractivity contribution in [3.63, 3.8) is 0 Å². The van der Waals surface area contributed by atoms with E-state index in [1.807, 2.05) is 0 Å². The van der Waals surface area contributed by atoms with Crippen LogP contribution < -0.4 is 3.71 Å². The van der Waals surface area contributed by atoms with Gasteiger partial charge in [-0.3, -0.25) is 4.79 Å². The molecule has 0 N–H and O–H groups in total. The summed E-state index contributed by atoms with van der Waals surface area (Å²) >= 11 is 15.3. The van der Waals surface area contributed by atoms with E-state index in [0.717, 1.165) is 24.3 Å². The number of sulfonamides is 2. The molecule has 12 heteroatoms. The minimum absolute atomic E-state index is 0.00296. The molecule has 6 nitrogen and oxygen atoms in total. The van der Waals surface area contributed by atoms with Gasteiger partial charge in [0.15, 0.2) is 5.78 Å². The number of hydrogen-bond donors (Lipinski definition) is 0. The Bertz CT molecular complexity index is 1150. The second-order valence-corrected chi connectivity index (χ2v) is 11.8. The molecule has 0 aliphatic carbocycles. The Kier molecular flexibility index (Phi) is 7.38. The highest BCUT2D eigenvalue weighted by molar-refractivity contribution is 9.10. The van der Waals surface area contributed by atoms with Crippen LogP contribution in [0, 0.1) is 5.82 Å². The molecule has 2 rings (SSSR count). The monoisotopic (exact) mass is 545 g/mol. The average molecular weight is 547 g/mol. The normalized spacial score (nSPS) is 12.1. The standard InChI is InChI=1S/C17H15BrCl2FNO5S2/c1-3-28(24,25)22(29(26,27)4-2)16-9-13(18)12(8-15(16)20)17(23)11-6-5-10(21)7-14(11)19/h5-9H,3-4H2,1-2H3.